The highest BCUT2D eigenvalue weighted by atomic mass is 35.5. The van der Waals surface area contributed by atoms with Crippen molar-refractivity contribution in [3.8, 4) is 0 Å². The molecular formula is C20H24ClN3O6S2. The molecule has 1 aromatic heterocycles. The number of carbonyl (C=O) groups excluding carboxylic acids is 2. The van der Waals surface area contributed by atoms with E-state index < -0.39 is 25.6 Å². The lowest BCUT2D eigenvalue weighted by Crippen LogP contribution is -2.37. The first kappa shape index (κ1) is 25.8. The summed E-state index contributed by atoms with van der Waals surface area (Å²) in [6.45, 7) is 1.34. The molecule has 1 aliphatic heterocycles. The van der Waals surface area contributed by atoms with Gasteiger partial charge in [-0.1, -0.05) is 0 Å². The number of benzene rings is 1. The van der Waals surface area contributed by atoms with Gasteiger partial charge >= 0.3 is 0 Å². The van der Waals surface area contributed by atoms with Crippen molar-refractivity contribution < 1.29 is 26.4 Å². The molecule has 32 heavy (non-hydrogen) atoms. The number of hydrogen-bond donors (Lipinski definition) is 0. The van der Waals surface area contributed by atoms with Crippen molar-refractivity contribution in [3.05, 3.63) is 53.9 Å². The molecule has 1 fully saturated rings. The Morgan fingerprint density at radius 3 is 1.75 bits per heavy atom. The zero-order valence-corrected chi connectivity index (χ0v) is 20.0. The normalized spacial score (nSPS) is 14.9. The van der Waals surface area contributed by atoms with Crippen LogP contribution in [0.4, 0.5) is 0 Å². The molecule has 0 radical (unpaired) electrons. The van der Waals surface area contributed by atoms with E-state index in [9.17, 15) is 26.4 Å². The molecule has 0 bridgehead atoms. The van der Waals surface area contributed by atoms with E-state index in [1.165, 1.54) is 23.2 Å². The lowest BCUT2D eigenvalue weighted by molar-refractivity contribution is 0.0718. The van der Waals surface area contributed by atoms with Crippen LogP contribution in [0.15, 0.2) is 52.5 Å². The summed E-state index contributed by atoms with van der Waals surface area (Å²) in [4.78, 5) is 32.4. The first-order valence-electron chi connectivity index (χ1n) is 9.50. The summed E-state index contributed by atoms with van der Waals surface area (Å²) in [6.07, 6.45) is 5.50. The lowest BCUT2D eigenvalue weighted by Gasteiger charge is -2.22. The smallest absolute Gasteiger partial charge is 0.255 e. The van der Waals surface area contributed by atoms with Crippen LogP contribution in [0.25, 0.3) is 0 Å². The molecule has 1 saturated heterocycles. The zero-order valence-electron chi connectivity index (χ0n) is 17.6. The number of hydrogen-bond acceptors (Lipinski definition) is 7. The molecule has 2 amide bonds. The standard InChI is InChI=1S/C20H23N3O6S2.ClH/c1-30(26,27)17-11-16(12-18(13-17)31(2,28)29)20(25)23-8-4-7-22(9-10-23)19(24)15-5-3-6-21-14-15;/h3,5-6,11-14H,4,7-10H2,1-2H3;1H. The maximum atomic E-state index is 13.1. The highest BCUT2D eigenvalue weighted by Crippen LogP contribution is 2.21. The Bertz CT molecular complexity index is 1170. The van der Waals surface area contributed by atoms with Crippen molar-refractivity contribution in [2.75, 3.05) is 38.7 Å². The second kappa shape index (κ2) is 9.97. The predicted molar refractivity (Wildman–Crippen MR) is 121 cm³/mol. The Morgan fingerprint density at radius 2 is 1.31 bits per heavy atom. The number of aromatic nitrogens is 1. The van der Waals surface area contributed by atoms with E-state index >= 15 is 0 Å². The summed E-state index contributed by atoms with van der Waals surface area (Å²) >= 11 is 0. The Labute approximate surface area is 193 Å². The minimum Gasteiger partial charge on any atom is -0.337 e. The average molecular weight is 502 g/mol. The molecule has 12 heteroatoms. The maximum Gasteiger partial charge on any atom is 0.255 e. The van der Waals surface area contributed by atoms with Crippen molar-refractivity contribution in [1.82, 2.24) is 14.8 Å². The summed E-state index contributed by atoms with van der Waals surface area (Å²) in [5.74, 6) is -0.660. The van der Waals surface area contributed by atoms with Crippen LogP contribution < -0.4 is 0 Å². The van der Waals surface area contributed by atoms with Crippen LogP contribution in [-0.2, 0) is 19.7 Å². The van der Waals surface area contributed by atoms with Crippen LogP contribution in [0.3, 0.4) is 0 Å². The van der Waals surface area contributed by atoms with E-state index in [2.05, 4.69) is 4.98 Å². The predicted octanol–water partition coefficient (Wildman–Crippen LogP) is 1.30. The van der Waals surface area contributed by atoms with Crippen LogP contribution in [0.1, 0.15) is 27.1 Å². The Hall–Kier alpha value is -2.50. The van der Waals surface area contributed by atoms with Crippen molar-refractivity contribution >= 4 is 43.9 Å². The molecule has 1 aliphatic rings. The summed E-state index contributed by atoms with van der Waals surface area (Å²) < 4.78 is 48.0. The largest absolute Gasteiger partial charge is 0.337 e. The van der Waals surface area contributed by atoms with Gasteiger partial charge in [0.05, 0.1) is 15.4 Å². The fraction of sp³-hybridized carbons (Fsp3) is 0.350. The van der Waals surface area contributed by atoms with Gasteiger partial charge in [0.1, 0.15) is 0 Å². The third kappa shape index (κ3) is 6.05. The molecule has 2 heterocycles. The number of rotatable bonds is 4. The summed E-state index contributed by atoms with van der Waals surface area (Å²) in [6, 6.07) is 6.78. The molecule has 174 valence electrons. The van der Waals surface area contributed by atoms with Gasteiger partial charge in [-0.15, -0.1) is 12.4 Å². The second-order valence-corrected chi connectivity index (χ2v) is 11.4. The van der Waals surface area contributed by atoms with E-state index in [1.54, 1.807) is 23.2 Å². The average Bonchev–Trinajstić information content (AvgIpc) is 2.98. The number of carbonyl (C=O) groups is 2. The molecule has 2 aromatic rings. The molecule has 9 nitrogen and oxygen atoms in total. The van der Waals surface area contributed by atoms with Crippen molar-refractivity contribution in [3.63, 3.8) is 0 Å². The van der Waals surface area contributed by atoms with Gasteiger partial charge in [0.25, 0.3) is 11.8 Å². The summed E-state index contributed by atoms with van der Waals surface area (Å²) in [5, 5.41) is 0. The maximum absolute atomic E-state index is 13.1. The van der Waals surface area contributed by atoms with Crippen molar-refractivity contribution in [2.45, 2.75) is 16.2 Å². The SMILES string of the molecule is CS(=O)(=O)c1cc(C(=O)N2CCCN(C(=O)c3cccnc3)CC2)cc(S(C)(=O)=O)c1.Cl. The van der Waals surface area contributed by atoms with Crippen molar-refractivity contribution in [2.24, 2.45) is 0 Å². The third-order valence-corrected chi connectivity index (χ3v) is 7.15. The van der Waals surface area contributed by atoms with Crippen LogP contribution in [-0.4, -0.2) is 82.1 Å². The van der Waals surface area contributed by atoms with Gasteiger partial charge < -0.3 is 9.80 Å². The van der Waals surface area contributed by atoms with Gasteiger partial charge in [-0.3, -0.25) is 14.6 Å². The van der Waals surface area contributed by atoms with Crippen LogP contribution >= 0.6 is 12.4 Å². The number of sulfone groups is 2. The monoisotopic (exact) mass is 501 g/mol. The van der Waals surface area contributed by atoms with E-state index in [1.807, 2.05) is 0 Å². The number of nitrogens with zero attached hydrogens (tertiary/aromatic N) is 3. The second-order valence-electron chi connectivity index (χ2n) is 7.42. The molecular weight excluding hydrogens is 478 g/mol. The van der Waals surface area contributed by atoms with Gasteiger partial charge in [0.15, 0.2) is 19.7 Å². The molecule has 3 rings (SSSR count). The topological polar surface area (TPSA) is 122 Å². The van der Waals surface area contributed by atoms with E-state index in [0.717, 1.165) is 18.6 Å². The molecule has 0 saturated carbocycles. The quantitative estimate of drug-likeness (QED) is 0.618. The Balaban J connectivity index is 0.00000363. The van der Waals surface area contributed by atoms with Crippen LogP contribution in [0.5, 0.6) is 0 Å². The van der Waals surface area contributed by atoms with E-state index in [0.29, 0.717) is 31.6 Å². The lowest BCUT2D eigenvalue weighted by atomic mass is 10.2. The fourth-order valence-corrected chi connectivity index (χ4v) is 4.74. The highest BCUT2D eigenvalue weighted by molar-refractivity contribution is 7.91. The first-order valence-corrected chi connectivity index (χ1v) is 13.3. The number of pyridine rings is 1. The Morgan fingerprint density at radius 1 is 0.812 bits per heavy atom. The fourth-order valence-electron chi connectivity index (χ4n) is 3.30. The first-order chi connectivity index (χ1) is 14.5. The van der Waals surface area contributed by atoms with Crippen molar-refractivity contribution in [1.29, 1.82) is 0 Å². The zero-order chi connectivity index (χ0) is 22.8. The summed E-state index contributed by atoms with van der Waals surface area (Å²) in [7, 11) is -7.45. The van der Waals surface area contributed by atoms with Gasteiger partial charge in [-0.05, 0) is 36.8 Å². The van der Waals surface area contributed by atoms with Gasteiger partial charge in [-0.2, -0.15) is 0 Å². The molecule has 1 aromatic carbocycles. The van der Waals surface area contributed by atoms with Gasteiger partial charge in [-0.25, -0.2) is 16.8 Å². The summed E-state index contributed by atoms with van der Waals surface area (Å²) in [5.41, 5.74) is 0.441. The van der Waals surface area contributed by atoms with Gasteiger partial charge in [0.2, 0.25) is 0 Å². The number of amides is 2. The minimum atomic E-state index is -3.72. The minimum absolute atomic E-state index is 0. The number of halogens is 1. The van der Waals surface area contributed by atoms with Crippen LogP contribution in [0, 0.1) is 0 Å². The molecule has 0 N–H and O–H groups in total. The molecule has 0 aliphatic carbocycles. The highest BCUT2D eigenvalue weighted by Gasteiger charge is 2.25. The van der Waals surface area contributed by atoms with E-state index in [4.69, 9.17) is 0 Å². The Kier molecular flexibility index (Phi) is 8.02. The van der Waals surface area contributed by atoms with Crippen LogP contribution in [0.2, 0.25) is 0 Å². The third-order valence-electron chi connectivity index (χ3n) is 4.96. The molecule has 0 unspecified atom stereocenters. The van der Waals surface area contributed by atoms with E-state index in [-0.39, 0.29) is 40.2 Å². The van der Waals surface area contributed by atoms with Gasteiger partial charge in [0, 0.05) is 56.6 Å². The molecule has 0 atom stereocenters. The molecule has 0 spiro atoms.